The van der Waals surface area contributed by atoms with Crippen LogP contribution >= 0.6 is 24.0 Å². The summed E-state index contributed by atoms with van der Waals surface area (Å²) in [4.78, 5) is 4.14. The maximum atomic E-state index is 11.6. The molecule has 0 fully saturated rings. The molecule has 0 amide bonds. The van der Waals surface area contributed by atoms with Crippen molar-refractivity contribution in [3.05, 3.63) is 35.4 Å². The van der Waals surface area contributed by atoms with Gasteiger partial charge in [0.1, 0.15) is 0 Å². The van der Waals surface area contributed by atoms with Gasteiger partial charge in [-0.3, -0.25) is 4.99 Å². The SMILES string of the molecule is CN=C(NCCCOC)NCc1cccc(CS(=O)(=O)NC)c1.I. The quantitative estimate of drug-likeness (QED) is 0.217. The van der Waals surface area contributed by atoms with Crippen LogP contribution < -0.4 is 15.4 Å². The molecule has 3 N–H and O–H groups in total. The van der Waals surface area contributed by atoms with E-state index in [0.717, 1.165) is 24.1 Å². The van der Waals surface area contributed by atoms with Gasteiger partial charge in [-0.25, -0.2) is 13.1 Å². The summed E-state index contributed by atoms with van der Waals surface area (Å²) in [5, 5.41) is 6.39. The molecule has 24 heavy (non-hydrogen) atoms. The molecule has 138 valence electrons. The molecule has 0 aromatic heterocycles. The molecule has 1 rings (SSSR count). The summed E-state index contributed by atoms with van der Waals surface area (Å²) < 4.78 is 30.5. The molecule has 7 nitrogen and oxygen atoms in total. The number of nitrogens with zero attached hydrogens (tertiary/aromatic N) is 1. The Morgan fingerprint density at radius 2 is 1.96 bits per heavy atom. The Morgan fingerprint density at radius 3 is 2.58 bits per heavy atom. The minimum Gasteiger partial charge on any atom is -0.385 e. The van der Waals surface area contributed by atoms with Crippen LogP contribution in [0.15, 0.2) is 29.3 Å². The molecule has 1 aromatic carbocycles. The van der Waals surface area contributed by atoms with Gasteiger partial charge in [0.2, 0.25) is 10.0 Å². The number of aliphatic imine (C=N–C) groups is 1. The Kier molecular flexibility index (Phi) is 12.0. The molecule has 0 aliphatic rings. The molecule has 0 heterocycles. The summed E-state index contributed by atoms with van der Waals surface area (Å²) >= 11 is 0. The number of sulfonamides is 1. The minimum atomic E-state index is -3.26. The van der Waals surface area contributed by atoms with E-state index in [2.05, 4.69) is 20.3 Å². The number of rotatable bonds is 9. The van der Waals surface area contributed by atoms with Crippen molar-refractivity contribution in [3.8, 4) is 0 Å². The van der Waals surface area contributed by atoms with Crippen LogP contribution in [0.5, 0.6) is 0 Å². The summed E-state index contributed by atoms with van der Waals surface area (Å²) in [5.74, 6) is 0.677. The summed E-state index contributed by atoms with van der Waals surface area (Å²) in [7, 11) is 1.54. The molecule has 0 saturated heterocycles. The average Bonchev–Trinajstić information content (AvgIpc) is 2.54. The molecule has 0 aliphatic heterocycles. The van der Waals surface area contributed by atoms with E-state index >= 15 is 0 Å². The van der Waals surface area contributed by atoms with Gasteiger partial charge in [0.25, 0.3) is 0 Å². The first kappa shape index (κ1) is 23.1. The molecule has 0 unspecified atom stereocenters. The number of benzene rings is 1. The van der Waals surface area contributed by atoms with Gasteiger partial charge < -0.3 is 15.4 Å². The zero-order valence-corrected chi connectivity index (χ0v) is 17.5. The number of halogens is 1. The smallest absolute Gasteiger partial charge is 0.215 e. The Bertz CT molecular complexity index is 608. The summed E-state index contributed by atoms with van der Waals surface area (Å²) in [6, 6.07) is 7.48. The largest absolute Gasteiger partial charge is 0.385 e. The van der Waals surface area contributed by atoms with Crippen LogP contribution in [-0.2, 0) is 27.1 Å². The highest BCUT2D eigenvalue weighted by molar-refractivity contribution is 14.0. The van der Waals surface area contributed by atoms with Gasteiger partial charge in [0.15, 0.2) is 5.96 Å². The molecule has 0 radical (unpaired) electrons. The topological polar surface area (TPSA) is 91.8 Å². The lowest BCUT2D eigenvalue weighted by Gasteiger charge is -2.12. The molecule has 0 atom stereocenters. The van der Waals surface area contributed by atoms with Gasteiger partial charge in [0.05, 0.1) is 5.75 Å². The van der Waals surface area contributed by atoms with E-state index in [1.165, 1.54) is 7.05 Å². The zero-order chi connectivity index (χ0) is 17.1. The molecule has 0 spiro atoms. The van der Waals surface area contributed by atoms with Crippen molar-refractivity contribution >= 4 is 40.0 Å². The number of hydrogen-bond acceptors (Lipinski definition) is 4. The van der Waals surface area contributed by atoms with Crippen LogP contribution in [0.1, 0.15) is 17.5 Å². The summed E-state index contributed by atoms with van der Waals surface area (Å²) in [6.07, 6.45) is 0.897. The fourth-order valence-corrected chi connectivity index (χ4v) is 2.71. The van der Waals surface area contributed by atoms with Crippen LogP contribution in [0.25, 0.3) is 0 Å². The van der Waals surface area contributed by atoms with E-state index in [9.17, 15) is 8.42 Å². The van der Waals surface area contributed by atoms with E-state index in [0.29, 0.717) is 19.1 Å². The fraction of sp³-hybridized carbons (Fsp3) is 0.533. The lowest BCUT2D eigenvalue weighted by molar-refractivity contribution is 0.195. The molecule has 0 bridgehead atoms. The van der Waals surface area contributed by atoms with Crippen molar-refractivity contribution in [3.63, 3.8) is 0 Å². The Morgan fingerprint density at radius 1 is 1.25 bits per heavy atom. The van der Waals surface area contributed by atoms with Crippen molar-refractivity contribution in [1.29, 1.82) is 0 Å². The van der Waals surface area contributed by atoms with E-state index in [4.69, 9.17) is 4.74 Å². The number of methoxy groups -OCH3 is 1. The van der Waals surface area contributed by atoms with E-state index in [1.807, 2.05) is 18.2 Å². The normalized spacial score (nSPS) is 11.7. The zero-order valence-electron chi connectivity index (χ0n) is 14.3. The van der Waals surface area contributed by atoms with Crippen molar-refractivity contribution < 1.29 is 13.2 Å². The first-order chi connectivity index (χ1) is 11.0. The van der Waals surface area contributed by atoms with Crippen molar-refractivity contribution in [2.75, 3.05) is 34.4 Å². The first-order valence-electron chi connectivity index (χ1n) is 7.43. The van der Waals surface area contributed by atoms with Gasteiger partial charge in [-0.2, -0.15) is 0 Å². The number of ether oxygens (including phenoxy) is 1. The van der Waals surface area contributed by atoms with Crippen LogP contribution in [-0.4, -0.2) is 48.7 Å². The third-order valence-electron chi connectivity index (χ3n) is 3.16. The van der Waals surface area contributed by atoms with Gasteiger partial charge >= 0.3 is 0 Å². The van der Waals surface area contributed by atoms with Crippen LogP contribution in [0.2, 0.25) is 0 Å². The lowest BCUT2D eigenvalue weighted by Crippen LogP contribution is -2.37. The van der Waals surface area contributed by atoms with Gasteiger partial charge in [-0.15, -0.1) is 24.0 Å². The van der Waals surface area contributed by atoms with Gasteiger partial charge in [-0.1, -0.05) is 24.3 Å². The Labute approximate surface area is 161 Å². The lowest BCUT2D eigenvalue weighted by atomic mass is 10.1. The van der Waals surface area contributed by atoms with Crippen molar-refractivity contribution in [2.45, 2.75) is 18.7 Å². The number of nitrogens with one attached hydrogen (secondary N) is 3. The average molecular weight is 470 g/mol. The monoisotopic (exact) mass is 470 g/mol. The predicted octanol–water partition coefficient (Wildman–Crippen LogP) is 1.06. The third kappa shape index (κ3) is 9.40. The van der Waals surface area contributed by atoms with E-state index in [1.54, 1.807) is 20.2 Å². The van der Waals surface area contributed by atoms with Crippen molar-refractivity contribution in [2.24, 2.45) is 4.99 Å². The molecule has 1 aromatic rings. The predicted molar refractivity (Wildman–Crippen MR) is 108 cm³/mol. The van der Waals surface area contributed by atoms with Crippen LogP contribution in [0.4, 0.5) is 0 Å². The molecule has 9 heteroatoms. The van der Waals surface area contributed by atoms with Crippen LogP contribution in [0, 0.1) is 0 Å². The first-order valence-corrected chi connectivity index (χ1v) is 9.08. The van der Waals surface area contributed by atoms with Crippen molar-refractivity contribution in [1.82, 2.24) is 15.4 Å². The Hall–Kier alpha value is -0.910. The highest BCUT2D eigenvalue weighted by atomic mass is 127. The van der Waals surface area contributed by atoms with E-state index in [-0.39, 0.29) is 29.7 Å². The maximum Gasteiger partial charge on any atom is 0.215 e. The summed E-state index contributed by atoms with van der Waals surface area (Å²) in [6.45, 7) is 2.04. The second-order valence-electron chi connectivity index (χ2n) is 4.98. The number of hydrogen-bond donors (Lipinski definition) is 3. The molecule has 0 aliphatic carbocycles. The minimum absolute atomic E-state index is 0. The van der Waals surface area contributed by atoms with Gasteiger partial charge in [0, 0.05) is 33.9 Å². The molecular weight excluding hydrogens is 443 g/mol. The molecular formula is C15H27IN4O3S. The number of guanidine groups is 1. The van der Waals surface area contributed by atoms with Gasteiger partial charge in [-0.05, 0) is 24.6 Å². The standard InChI is InChI=1S/C15H26N4O3S.HI/c1-16-15(18-8-5-9-22-3)19-11-13-6-4-7-14(10-13)12-23(20,21)17-2;/h4,6-7,10,17H,5,8-9,11-12H2,1-3H3,(H2,16,18,19);1H. The second kappa shape index (κ2) is 12.5. The summed E-state index contributed by atoms with van der Waals surface area (Å²) in [5.41, 5.74) is 1.75. The highest BCUT2D eigenvalue weighted by Crippen LogP contribution is 2.08. The van der Waals surface area contributed by atoms with E-state index < -0.39 is 10.0 Å². The highest BCUT2D eigenvalue weighted by Gasteiger charge is 2.08. The maximum absolute atomic E-state index is 11.6. The van der Waals surface area contributed by atoms with Crippen LogP contribution in [0.3, 0.4) is 0 Å². The fourth-order valence-electron chi connectivity index (χ4n) is 1.95. The third-order valence-corrected chi connectivity index (χ3v) is 4.50. The Balaban J connectivity index is 0.00000529. The second-order valence-corrected chi connectivity index (χ2v) is 6.91. The molecule has 0 saturated carbocycles.